The number of nitrogens with one attached hydrogen (secondary N) is 2. The van der Waals surface area contributed by atoms with Crippen molar-refractivity contribution in [1.29, 1.82) is 0 Å². The summed E-state index contributed by atoms with van der Waals surface area (Å²) in [5, 5.41) is 10.7. The molecule has 1 atom stereocenters. The van der Waals surface area contributed by atoms with Crippen LogP contribution in [0.5, 0.6) is 5.75 Å². The predicted octanol–water partition coefficient (Wildman–Crippen LogP) is 2.08. The number of H-pyrrole nitrogens is 1. The van der Waals surface area contributed by atoms with Crippen molar-refractivity contribution in [2.45, 2.75) is 24.8 Å². The Morgan fingerprint density at radius 2 is 2.17 bits per heavy atom. The Morgan fingerprint density at radius 1 is 1.33 bits per heavy atom. The van der Waals surface area contributed by atoms with Gasteiger partial charge in [0.15, 0.2) is 0 Å². The fraction of sp³-hybridized carbons (Fsp3) is 0.444. The molecule has 4 rings (SSSR count). The Balaban J connectivity index is 1.62. The lowest BCUT2D eigenvalue weighted by Gasteiger charge is -2.36. The van der Waals surface area contributed by atoms with E-state index in [-0.39, 0.29) is 11.9 Å². The largest absolute Gasteiger partial charge is 0.496 e. The van der Waals surface area contributed by atoms with Crippen molar-refractivity contribution in [3.63, 3.8) is 0 Å². The third kappa shape index (κ3) is 2.78. The number of aromatic nitrogens is 2. The Kier molecular flexibility index (Phi) is 3.98. The minimum atomic E-state index is -0.0523. The summed E-state index contributed by atoms with van der Waals surface area (Å²) in [6, 6.07) is 9.75. The van der Waals surface area contributed by atoms with Gasteiger partial charge in [0, 0.05) is 36.8 Å². The van der Waals surface area contributed by atoms with Crippen molar-refractivity contribution >= 4 is 5.91 Å². The molecule has 2 fully saturated rings. The first-order valence-corrected chi connectivity index (χ1v) is 8.48. The zero-order chi connectivity index (χ0) is 16.5. The van der Waals surface area contributed by atoms with Gasteiger partial charge in [0.25, 0.3) is 5.91 Å². The molecule has 1 aromatic carbocycles. The van der Waals surface area contributed by atoms with E-state index < -0.39 is 0 Å². The summed E-state index contributed by atoms with van der Waals surface area (Å²) in [5.74, 6) is 1.35. The van der Waals surface area contributed by atoms with Crippen LogP contribution in [0, 0.1) is 0 Å². The second-order valence-electron chi connectivity index (χ2n) is 6.44. The summed E-state index contributed by atoms with van der Waals surface area (Å²) >= 11 is 0. The van der Waals surface area contributed by atoms with Crippen LogP contribution >= 0.6 is 0 Å². The second-order valence-corrected chi connectivity index (χ2v) is 6.44. The number of benzene rings is 1. The number of aromatic amines is 1. The number of para-hydroxylation sites is 1. The van der Waals surface area contributed by atoms with Crippen LogP contribution in [0.1, 0.15) is 46.5 Å². The second kappa shape index (κ2) is 6.28. The number of ether oxygens (including phenoxy) is 1. The molecule has 6 nitrogen and oxygen atoms in total. The molecular weight excluding hydrogens is 304 g/mol. The molecule has 0 spiro atoms. The number of piperazine rings is 1. The van der Waals surface area contributed by atoms with Crippen LogP contribution < -0.4 is 10.1 Å². The number of methoxy groups -OCH3 is 1. The maximum absolute atomic E-state index is 13.0. The lowest BCUT2D eigenvalue weighted by atomic mass is 10.0. The summed E-state index contributed by atoms with van der Waals surface area (Å²) < 4.78 is 5.49. The third-order valence-corrected chi connectivity index (χ3v) is 4.84. The van der Waals surface area contributed by atoms with E-state index in [1.165, 1.54) is 12.8 Å². The van der Waals surface area contributed by atoms with E-state index in [4.69, 9.17) is 4.74 Å². The lowest BCUT2D eigenvalue weighted by molar-refractivity contribution is 0.0625. The molecule has 1 aromatic heterocycles. The van der Waals surface area contributed by atoms with E-state index in [1.807, 2.05) is 35.2 Å². The minimum Gasteiger partial charge on any atom is -0.496 e. The van der Waals surface area contributed by atoms with Gasteiger partial charge in [-0.15, -0.1) is 0 Å². The molecule has 2 heterocycles. The average molecular weight is 326 g/mol. The predicted molar refractivity (Wildman–Crippen MR) is 90.2 cm³/mol. The van der Waals surface area contributed by atoms with E-state index in [2.05, 4.69) is 15.5 Å². The number of carbonyl (C=O) groups excluding carboxylic acids is 1. The molecule has 126 valence electrons. The molecule has 2 aliphatic rings. The molecule has 2 aromatic rings. The summed E-state index contributed by atoms with van der Waals surface area (Å²) in [4.78, 5) is 14.9. The van der Waals surface area contributed by atoms with Gasteiger partial charge in [0.1, 0.15) is 11.4 Å². The van der Waals surface area contributed by atoms with Crippen molar-refractivity contribution in [2.75, 3.05) is 26.7 Å². The van der Waals surface area contributed by atoms with Gasteiger partial charge in [-0.2, -0.15) is 5.10 Å². The van der Waals surface area contributed by atoms with Crippen LogP contribution in [0.15, 0.2) is 30.3 Å². The summed E-state index contributed by atoms with van der Waals surface area (Å²) in [6.07, 6.45) is 2.38. The number of hydrogen-bond acceptors (Lipinski definition) is 4. The minimum absolute atomic E-state index is 0.0180. The highest BCUT2D eigenvalue weighted by atomic mass is 16.5. The maximum atomic E-state index is 13.0. The van der Waals surface area contributed by atoms with Crippen LogP contribution in [-0.2, 0) is 0 Å². The Hall–Kier alpha value is -2.34. The Bertz CT molecular complexity index is 738. The fourth-order valence-corrected chi connectivity index (χ4v) is 3.36. The SMILES string of the molecule is COc1ccccc1C1CNCCN1C(=O)c1cc(C2CC2)[nH]n1. The summed E-state index contributed by atoms with van der Waals surface area (Å²) in [7, 11) is 1.66. The van der Waals surface area contributed by atoms with Gasteiger partial charge in [-0.25, -0.2) is 0 Å². The maximum Gasteiger partial charge on any atom is 0.274 e. The fourth-order valence-electron chi connectivity index (χ4n) is 3.36. The molecule has 1 aliphatic carbocycles. The summed E-state index contributed by atoms with van der Waals surface area (Å²) in [6.45, 7) is 2.16. The van der Waals surface area contributed by atoms with E-state index in [0.29, 0.717) is 24.7 Å². The number of carbonyl (C=O) groups is 1. The standard InChI is InChI=1S/C18H22N4O2/c1-24-17-5-3-2-4-13(17)16-11-19-8-9-22(16)18(23)15-10-14(20-21-15)12-6-7-12/h2-5,10,12,16,19H,6-9,11H2,1H3,(H,20,21). The third-order valence-electron chi connectivity index (χ3n) is 4.84. The molecule has 0 bridgehead atoms. The number of amides is 1. The van der Waals surface area contributed by atoms with E-state index in [1.54, 1.807) is 7.11 Å². The number of hydrogen-bond donors (Lipinski definition) is 2. The Labute approximate surface area is 141 Å². The van der Waals surface area contributed by atoms with Crippen LogP contribution in [0.4, 0.5) is 0 Å². The highest BCUT2D eigenvalue weighted by molar-refractivity contribution is 5.93. The zero-order valence-corrected chi connectivity index (χ0v) is 13.8. The number of nitrogens with zero attached hydrogens (tertiary/aromatic N) is 2. The molecule has 2 N–H and O–H groups in total. The topological polar surface area (TPSA) is 70.2 Å². The molecule has 1 saturated carbocycles. The van der Waals surface area contributed by atoms with E-state index >= 15 is 0 Å². The van der Waals surface area contributed by atoms with E-state index in [0.717, 1.165) is 23.6 Å². The molecule has 1 unspecified atom stereocenters. The normalized spacial score (nSPS) is 20.9. The van der Waals surface area contributed by atoms with Gasteiger partial charge in [0.05, 0.1) is 13.2 Å². The first kappa shape index (κ1) is 15.2. The number of rotatable bonds is 4. The van der Waals surface area contributed by atoms with E-state index in [9.17, 15) is 4.79 Å². The van der Waals surface area contributed by atoms with Gasteiger partial charge in [-0.1, -0.05) is 18.2 Å². The van der Waals surface area contributed by atoms with Crippen molar-refractivity contribution in [2.24, 2.45) is 0 Å². The molecule has 24 heavy (non-hydrogen) atoms. The van der Waals surface area contributed by atoms with Crippen molar-refractivity contribution in [3.8, 4) is 5.75 Å². The lowest BCUT2D eigenvalue weighted by Crippen LogP contribution is -2.48. The molecule has 6 heteroatoms. The zero-order valence-electron chi connectivity index (χ0n) is 13.8. The van der Waals surface area contributed by atoms with Gasteiger partial charge >= 0.3 is 0 Å². The smallest absolute Gasteiger partial charge is 0.274 e. The Morgan fingerprint density at radius 3 is 2.96 bits per heavy atom. The molecule has 0 radical (unpaired) electrons. The molecule has 1 amide bonds. The van der Waals surface area contributed by atoms with Gasteiger partial charge in [-0.05, 0) is 25.0 Å². The van der Waals surface area contributed by atoms with Crippen molar-refractivity contribution in [1.82, 2.24) is 20.4 Å². The van der Waals surface area contributed by atoms with Gasteiger partial charge in [0.2, 0.25) is 0 Å². The highest BCUT2D eigenvalue weighted by Gasteiger charge is 2.33. The average Bonchev–Trinajstić information content (AvgIpc) is 3.38. The monoisotopic (exact) mass is 326 g/mol. The first-order valence-electron chi connectivity index (χ1n) is 8.48. The first-order chi connectivity index (χ1) is 11.8. The van der Waals surface area contributed by atoms with Crippen LogP contribution in [0.2, 0.25) is 0 Å². The van der Waals surface area contributed by atoms with Crippen LogP contribution in [0.25, 0.3) is 0 Å². The van der Waals surface area contributed by atoms with Crippen molar-refractivity contribution in [3.05, 3.63) is 47.3 Å². The van der Waals surface area contributed by atoms with Gasteiger partial charge in [-0.3, -0.25) is 9.89 Å². The highest BCUT2D eigenvalue weighted by Crippen LogP contribution is 2.39. The molecule has 1 aliphatic heterocycles. The van der Waals surface area contributed by atoms with Gasteiger partial charge < -0.3 is 15.0 Å². The quantitative estimate of drug-likeness (QED) is 0.902. The van der Waals surface area contributed by atoms with Crippen LogP contribution in [0.3, 0.4) is 0 Å². The molecular formula is C18H22N4O2. The van der Waals surface area contributed by atoms with Crippen LogP contribution in [-0.4, -0.2) is 47.7 Å². The summed E-state index contributed by atoms with van der Waals surface area (Å²) in [5.41, 5.74) is 2.62. The van der Waals surface area contributed by atoms with Crippen molar-refractivity contribution < 1.29 is 9.53 Å². The molecule has 1 saturated heterocycles.